The summed E-state index contributed by atoms with van der Waals surface area (Å²) in [7, 11) is -3.67. The molecule has 0 spiro atoms. The van der Waals surface area contributed by atoms with E-state index in [1.54, 1.807) is 34.8 Å². The third-order valence-corrected chi connectivity index (χ3v) is 7.31. The number of para-hydroxylation sites is 2. The Labute approximate surface area is 183 Å². The highest BCUT2D eigenvalue weighted by molar-refractivity contribution is 7.89. The first-order chi connectivity index (χ1) is 15.1. The van der Waals surface area contributed by atoms with Crippen molar-refractivity contribution in [2.45, 2.75) is 18.7 Å². The molecule has 0 N–H and O–H groups in total. The van der Waals surface area contributed by atoms with Crippen LogP contribution in [0.5, 0.6) is 11.5 Å². The van der Waals surface area contributed by atoms with Crippen LogP contribution in [0.25, 0.3) is 10.9 Å². The van der Waals surface area contributed by atoms with E-state index in [0.29, 0.717) is 56.0 Å². The summed E-state index contributed by atoms with van der Waals surface area (Å²) in [6, 6.07) is 14.7. The van der Waals surface area contributed by atoms with Crippen LogP contribution in [-0.4, -0.2) is 57.1 Å². The minimum absolute atomic E-state index is 0.266. The lowest BCUT2D eigenvalue weighted by Crippen LogP contribution is -2.48. The highest BCUT2D eigenvalue weighted by Crippen LogP contribution is 2.33. The molecule has 0 amide bonds. The van der Waals surface area contributed by atoms with Gasteiger partial charge in [0, 0.05) is 37.8 Å². The molecule has 1 aromatic heterocycles. The number of aromatic nitrogens is 1. The molecular weight excluding hydrogens is 414 g/mol. The number of sulfonamides is 1. The van der Waals surface area contributed by atoms with Crippen LogP contribution in [0.1, 0.15) is 13.8 Å². The lowest BCUT2D eigenvalue weighted by molar-refractivity contribution is 0.337. The van der Waals surface area contributed by atoms with Gasteiger partial charge in [-0.2, -0.15) is 4.31 Å². The van der Waals surface area contributed by atoms with Gasteiger partial charge in [0.15, 0.2) is 0 Å². The van der Waals surface area contributed by atoms with Gasteiger partial charge in [-0.15, -0.1) is 0 Å². The van der Waals surface area contributed by atoms with Crippen molar-refractivity contribution in [3.05, 3.63) is 54.7 Å². The molecule has 164 valence electrons. The Bertz CT molecular complexity index is 1160. The van der Waals surface area contributed by atoms with Gasteiger partial charge in [-0.05, 0) is 50.2 Å². The molecule has 0 bridgehead atoms. The average Bonchev–Trinajstić information content (AvgIpc) is 2.80. The van der Waals surface area contributed by atoms with Gasteiger partial charge in [-0.3, -0.25) is 4.98 Å². The second kappa shape index (κ2) is 9.11. The summed E-state index contributed by atoms with van der Waals surface area (Å²) < 4.78 is 39.9. The number of anilines is 1. The van der Waals surface area contributed by atoms with Crippen molar-refractivity contribution in [3.8, 4) is 11.5 Å². The van der Waals surface area contributed by atoms with Crippen molar-refractivity contribution in [2.75, 3.05) is 44.3 Å². The van der Waals surface area contributed by atoms with Crippen molar-refractivity contribution in [2.24, 2.45) is 0 Å². The molecule has 3 aromatic rings. The van der Waals surface area contributed by atoms with Crippen LogP contribution in [0, 0.1) is 0 Å². The highest BCUT2D eigenvalue weighted by atomic mass is 32.2. The van der Waals surface area contributed by atoms with Gasteiger partial charge in [0.05, 0.1) is 23.8 Å². The number of fused-ring (bicyclic) bond motifs is 1. The summed E-state index contributed by atoms with van der Waals surface area (Å²) in [4.78, 5) is 6.81. The molecule has 8 heteroatoms. The van der Waals surface area contributed by atoms with E-state index in [4.69, 9.17) is 9.47 Å². The van der Waals surface area contributed by atoms with E-state index in [-0.39, 0.29) is 4.90 Å². The van der Waals surface area contributed by atoms with E-state index in [2.05, 4.69) is 9.88 Å². The molecular formula is C23H27N3O4S. The molecule has 4 rings (SSSR count). The molecule has 2 heterocycles. The lowest BCUT2D eigenvalue weighted by atomic mass is 10.2. The van der Waals surface area contributed by atoms with E-state index >= 15 is 0 Å². The van der Waals surface area contributed by atoms with Crippen LogP contribution in [0.15, 0.2) is 59.6 Å². The van der Waals surface area contributed by atoms with Crippen LogP contribution >= 0.6 is 0 Å². The smallest absolute Gasteiger partial charge is 0.243 e. The fourth-order valence-electron chi connectivity index (χ4n) is 3.92. The fraction of sp³-hybridized carbons (Fsp3) is 0.348. The van der Waals surface area contributed by atoms with Gasteiger partial charge in [0.1, 0.15) is 17.0 Å². The molecule has 7 nitrogen and oxygen atoms in total. The van der Waals surface area contributed by atoms with Gasteiger partial charge in [0.2, 0.25) is 10.0 Å². The predicted octanol–water partition coefficient (Wildman–Crippen LogP) is 3.54. The zero-order valence-corrected chi connectivity index (χ0v) is 18.6. The third kappa shape index (κ3) is 4.18. The Hall–Kier alpha value is -2.84. The maximum Gasteiger partial charge on any atom is 0.243 e. The molecule has 1 saturated heterocycles. The second-order valence-corrected chi connectivity index (χ2v) is 9.09. The quantitative estimate of drug-likeness (QED) is 0.558. The van der Waals surface area contributed by atoms with E-state index in [1.165, 1.54) is 0 Å². The Morgan fingerprint density at radius 3 is 2.32 bits per heavy atom. The Morgan fingerprint density at radius 1 is 0.871 bits per heavy atom. The van der Waals surface area contributed by atoms with Crippen molar-refractivity contribution in [1.29, 1.82) is 0 Å². The first-order valence-electron chi connectivity index (χ1n) is 10.5. The van der Waals surface area contributed by atoms with Crippen molar-refractivity contribution < 1.29 is 17.9 Å². The van der Waals surface area contributed by atoms with Crippen molar-refractivity contribution in [1.82, 2.24) is 9.29 Å². The molecule has 1 fully saturated rings. The van der Waals surface area contributed by atoms with Crippen LogP contribution < -0.4 is 14.4 Å². The molecule has 1 aliphatic heterocycles. The summed E-state index contributed by atoms with van der Waals surface area (Å²) >= 11 is 0. The topological polar surface area (TPSA) is 72.0 Å². The summed E-state index contributed by atoms with van der Waals surface area (Å²) in [6.45, 7) is 6.91. The second-order valence-electron chi connectivity index (χ2n) is 7.19. The van der Waals surface area contributed by atoms with Gasteiger partial charge in [-0.25, -0.2) is 8.42 Å². The predicted molar refractivity (Wildman–Crippen MR) is 121 cm³/mol. The largest absolute Gasteiger partial charge is 0.492 e. The monoisotopic (exact) mass is 441 g/mol. The zero-order valence-electron chi connectivity index (χ0n) is 17.8. The van der Waals surface area contributed by atoms with Crippen LogP contribution in [-0.2, 0) is 10.0 Å². The highest BCUT2D eigenvalue weighted by Gasteiger charge is 2.31. The maximum absolute atomic E-state index is 13.5. The fourth-order valence-corrected chi connectivity index (χ4v) is 5.53. The molecule has 0 aliphatic carbocycles. The molecule has 31 heavy (non-hydrogen) atoms. The number of piperazine rings is 1. The molecule has 1 aliphatic rings. The zero-order chi connectivity index (χ0) is 21.8. The minimum Gasteiger partial charge on any atom is -0.492 e. The number of benzene rings is 2. The third-order valence-electron chi connectivity index (χ3n) is 5.35. The van der Waals surface area contributed by atoms with E-state index in [0.717, 1.165) is 11.4 Å². The molecule has 0 atom stereocenters. The number of hydrogen-bond donors (Lipinski definition) is 0. The summed E-state index contributed by atoms with van der Waals surface area (Å²) in [6.07, 6.45) is 1.65. The Balaban J connectivity index is 1.59. The maximum atomic E-state index is 13.5. The molecule has 0 unspecified atom stereocenters. The average molecular weight is 442 g/mol. The Kier molecular flexibility index (Phi) is 6.29. The first-order valence-corrected chi connectivity index (χ1v) is 12.0. The first kappa shape index (κ1) is 21.4. The standard InChI is InChI=1S/C23H27N3O4S/c1-3-29-20-10-6-5-9-19(20)25-14-16-26(17-15-25)31(27,28)22-12-11-21(30-4-2)23-18(22)8-7-13-24-23/h5-13H,3-4,14-17H2,1-2H3. The number of nitrogens with zero attached hydrogens (tertiary/aromatic N) is 3. The van der Waals surface area contributed by atoms with E-state index in [1.807, 2.05) is 38.1 Å². The van der Waals surface area contributed by atoms with Gasteiger partial charge >= 0.3 is 0 Å². The minimum atomic E-state index is -3.67. The van der Waals surface area contributed by atoms with Gasteiger partial charge in [-0.1, -0.05) is 12.1 Å². The summed E-state index contributed by atoms with van der Waals surface area (Å²) in [5, 5.41) is 0.581. The molecule has 2 aromatic carbocycles. The van der Waals surface area contributed by atoms with Crippen LogP contribution in [0.2, 0.25) is 0 Å². The van der Waals surface area contributed by atoms with Crippen LogP contribution in [0.4, 0.5) is 5.69 Å². The normalized spacial score (nSPS) is 15.2. The van der Waals surface area contributed by atoms with E-state index < -0.39 is 10.0 Å². The molecule has 0 saturated carbocycles. The number of rotatable bonds is 7. The summed E-state index contributed by atoms with van der Waals surface area (Å²) in [5.41, 5.74) is 1.56. The number of hydrogen-bond acceptors (Lipinski definition) is 6. The van der Waals surface area contributed by atoms with Crippen molar-refractivity contribution in [3.63, 3.8) is 0 Å². The molecule has 0 radical (unpaired) electrons. The SMILES string of the molecule is CCOc1ccccc1N1CCN(S(=O)(=O)c2ccc(OCC)c3ncccc23)CC1. The van der Waals surface area contributed by atoms with Crippen LogP contribution in [0.3, 0.4) is 0 Å². The number of pyridine rings is 1. The van der Waals surface area contributed by atoms with E-state index in [9.17, 15) is 8.42 Å². The van der Waals surface area contributed by atoms with Gasteiger partial charge in [0.25, 0.3) is 0 Å². The van der Waals surface area contributed by atoms with Crippen molar-refractivity contribution >= 4 is 26.6 Å². The Morgan fingerprint density at radius 2 is 1.58 bits per heavy atom. The lowest BCUT2D eigenvalue weighted by Gasteiger charge is -2.36. The van der Waals surface area contributed by atoms with Gasteiger partial charge < -0.3 is 14.4 Å². The number of ether oxygens (including phenoxy) is 2. The summed E-state index contributed by atoms with van der Waals surface area (Å²) in [5.74, 6) is 1.42.